The number of nitrogens with zero attached hydrogens (tertiary/aromatic N) is 4. The van der Waals surface area contributed by atoms with Crippen LogP contribution in [-0.4, -0.2) is 10.2 Å². The standard InChI is InChI=1S/C50H36N4O/c1-5-17-41(18-6-1)53(42-19-7-2-8-20-42)47-27-15-13-25-45(47)37-29-33-39(34-30-37)49-51-52-50(55-49)40-35-31-38(32-36-40)46-26-14-16-28-48(46)54(43-21-9-3-10-22-43)44-23-11-4-12-24-44/h1-36H. The van der Waals surface area contributed by atoms with Gasteiger partial charge in [-0.2, -0.15) is 0 Å². The first kappa shape index (κ1) is 33.3. The van der Waals surface area contributed by atoms with Gasteiger partial charge in [-0.1, -0.05) is 133 Å². The molecular formula is C50H36N4O. The number of hydrogen-bond donors (Lipinski definition) is 0. The van der Waals surface area contributed by atoms with Crippen molar-refractivity contribution in [2.75, 3.05) is 9.80 Å². The van der Waals surface area contributed by atoms with E-state index < -0.39 is 0 Å². The van der Waals surface area contributed by atoms with Crippen molar-refractivity contribution in [3.63, 3.8) is 0 Å². The van der Waals surface area contributed by atoms with Crippen molar-refractivity contribution >= 4 is 34.1 Å². The van der Waals surface area contributed by atoms with Crippen LogP contribution in [0.3, 0.4) is 0 Å². The lowest BCUT2D eigenvalue weighted by Gasteiger charge is -2.27. The molecule has 0 aliphatic heterocycles. The third kappa shape index (κ3) is 6.90. The molecule has 0 saturated carbocycles. The van der Waals surface area contributed by atoms with Crippen molar-refractivity contribution in [2.24, 2.45) is 0 Å². The first-order valence-electron chi connectivity index (χ1n) is 18.3. The summed E-state index contributed by atoms with van der Waals surface area (Å²) in [4.78, 5) is 4.58. The fourth-order valence-electron chi connectivity index (χ4n) is 7.03. The summed E-state index contributed by atoms with van der Waals surface area (Å²) in [5, 5.41) is 8.89. The predicted octanol–water partition coefficient (Wildman–Crippen LogP) is 13.7. The van der Waals surface area contributed by atoms with E-state index in [1.807, 2.05) is 48.5 Å². The highest BCUT2D eigenvalue weighted by Gasteiger charge is 2.19. The number of para-hydroxylation sites is 6. The molecule has 0 N–H and O–H groups in total. The van der Waals surface area contributed by atoms with E-state index in [-0.39, 0.29) is 0 Å². The van der Waals surface area contributed by atoms with Gasteiger partial charge >= 0.3 is 0 Å². The number of anilines is 6. The molecule has 5 nitrogen and oxygen atoms in total. The second-order valence-corrected chi connectivity index (χ2v) is 13.1. The normalized spacial score (nSPS) is 10.9. The van der Waals surface area contributed by atoms with Crippen LogP contribution in [0.1, 0.15) is 0 Å². The molecule has 8 aromatic carbocycles. The Morgan fingerprint density at radius 2 is 0.545 bits per heavy atom. The summed E-state index contributed by atoms with van der Waals surface area (Å²) in [7, 11) is 0. The Hall–Kier alpha value is -7.50. The Kier molecular flexibility index (Phi) is 9.23. The molecule has 0 aliphatic rings. The van der Waals surface area contributed by atoms with Crippen LogP contribution in [0.2, 0.25) is 0 Å². The molecule has 0 atom stereocenters. The van der Waals surface area contributed by atoms with Crippen molar-refractivity contribution < 1.29 is 4.42 Å². The van der Waals surface area contributed by atoms with Gasteiger partial charge in [0.2, 0.25) is 11.8 Å². The molecule has 0 saturated heterocycles. The molecule has 0 unspecified atom stereocenters. The van der Waals surface area contributed by atoms with Crippen LogP contribution in [0.15, 0.2) is 223 Å². The van der Waals surface area contributed by atoms with Crippen LogP contribution in [0, 0.1) is 0 Å². The maximum Gasteiger partial charge on any atom is 0.248 e. The quantitative estimate of drug-likeness (QED) is 0.142. The smallest absolute Gasteiger partial charge is 0.248 e. The van der Waals surface area contributed by atoms with Crippen LogP contribution in [0.4, 0.5) is 34.1 Å². The zero-order chi connectivity index (χ0) is 36.8. The predicted molar refractivity (Wildman–Crippen MR) is 225 cm³/mol. The average molecular weight is 709 g/mol. The highest BCUT2D eigenvalue weighted by Crippen LogP contribution is 2.42. The molecule has 9 rings (SSSR count). The van der Waals surface area contributed by atoms with Crippen LogP contribution >= 0.6 is 0 Å². The van der Waals surface area contributed by atoms with E-state index in [4.69, 9.17) is 4.42 Å². The van der Waals surface area contributed by atoms with Crippen molar-refractivity contribution in [1.82, 2.24) is 10.2 Å². The minimum absolute atomic E-state index is 0.473. The molecule has 262 valence electrons. The van der Waals surface area contributed by atoms with Crippen LogP contribution in [-0.2, 0) is 0 Å². The van der Waals surface area contributed by atoms with Gasteiger partial charge < -0.3 is 14.2 Å². The summed E-state index contributed by atoms with van der Waals surface area (Å²) in [5.41, 5.74) is 12.7. The van der Waals surface area contributed by atoms with Gasteiger partial charge in [-0.25, -0.2) is 0 Å². The largest absolute Gasteiger partial charge is 0.416 e. The average Bonchev–Trinajstić information content (AvgIpc) is 3.77. The third-order valence-corrected chi connectivity index (χ3v) is 9.66. The second-order valence-electron chi connectivity index (χ2n) is 13.1. The Balaban J connectivity index is 0.986. The monoisotopic (exact) mass is 708 g/mol. The molecule has 9 aromatic rings. The summed E-state index contributed by atoms with van der Waals surface area (Å²) in [6.45, 7) is 0. The van der Waals surface area contributed by atoms with Crippen molar-refractivity contribution in [3.8, 4) is 45.2 Å². The van der Waals surface area contributed by atoms with E-state index in [0.717, 1.165) is 67.5 Å². The molecule has 1 aromatic heterocycles. The van der Waals surface area contributed by atoms with E-state index in [9.17, 15) is 0 Å². The summed E-state index contributed by atoms with van der Waals surface area (Å²) >= 11 is 0. The lowest BCUT2D eigenvalue weighted by Crippen LogP contribution is -2.10. The molecule has 0 spiro atoms. The van der Waals surface area contributed by atoms with Crippen LogP contribution in [0.25, 0.3) is 45.2 Å². The van der Waals surface area contributed by atoms with E-state index in [1.165, 1.54) is 0 Å². The first-order valence-corrected chi connectivity index (χ1v) is 18.3. The van der Waals surface area contributed by atoms with Crippen molar-refractivity contribution in [3.05, 3.63) is 218 Å². The number of aromatic nitrogens is 2. The molecular weight excluding hydrogens is 673 g/mol. The fourth-order valence-corrected chi connectivity index (χ4v) is 7.03. The summed E-state index contributed by atoms with van der Waals surface area (Å²) in [6, 6.07) is 75.5. The van der Waals surface area contributed by atoms with Gasteiger partial charge in [-0.05, 0) is 96.1 Å². The minimum atomic E-state index is 0.473. The molecule has 5 heteroatoms. The summed E-state index contributed by atoms with van der Waals surface area (Å²) in [5.74, 6) is 0.946. The SMILES string of the molecule is c1ccc(N(c2ccccc2)c2ccccc2-c2ccc(-c3nnc(-c4ccc(-c5ccccc5N(c5ccccc5)c5ccccc5)cc4)o3)cc2)cc1. The van der Waals surface area contributed by atoms with Gasteiger partial charge in [-0.15, -0.1) is 10.2 Å². The first-order chi connectivity index (χ1) is 27.3. The molecule has 0 bridgehead atoms. The Bertz CT molecular complexity index is 2360. The van der Waals surface area contributed by atoms with Gasteiger partial charge in [0.25, 0.3) is 0 Å². The number of benzene rings is 8. The van der Waals surface area contributed by atoms with E-state index in [2.05, 4.69) is 190 Å². The molecule has 0 radical (unpaired) electrons. The van der Waals surface area contributed by atoms with Crippen molar-refractivity contribution in [1.29, 1.82) is 0 Å². The Morgan fingerprint density at radius 3 is 0.873 bits per heavy atom. The topological polar surface area (TPSA) is 45.4 Å². The number of hydrogen-bond acceptors (Lipinski definition) is 5. The Labute approximate surface area is 321 Å². The van der Waals surface area contributed by atoms with Gasteiger partial charge in [0.15, 0.2) is 0 Å². The summed E-state index contributed by atoms with van der Waals surface area (Å²) in [6.07, 6.45) is 0. The highest BCUT2D eigenvalue weighted by atomic mass is 16.4. The van der Waals surface area contributed by atoms with Gasteiger partial charge in [-0.3, -0.25) is 0 Å². The van der Waals surface area contributed by atoms with Gasteiger partial charge in [0, 0.05) is 45.0 Å². The van der Waals surface area contributed by atoms with E-state index in [0.29, 0.717) is 11.8 Å². The summed E-state index contributed by atoms with van der Waals surface area (Å²) < 4.78 is 6.26. The van der Waals surface area contributed by atoms with Gasteiger partial charge in [0.05, 0.1) is 11.4 Å². The maximum absolute atomic E-state index is 6.26. The van der Waals surface area contributed by atoms with E-state index in [1.54, 1.807) is 0 Å². The van der Waals surface area contributed by atoms with Gasteiger partial charge in [0.1, 0.15) is 0 Å². The zero-order valence-electron chi connectivity index (χ0n) is 30.0. The fraction of sp³-hybridized carbons (Fsp3) is 0. The van der Waals surface area contributed by atoms with E-state index >= 15 is 0 Å². The molecule has 0 aliphatic carbocycles. The minimum Gasteiger partial charge on any atom is -0.416 e. The molecule has 55 heavy (non-hydrogen) atoms. The molecule has 0 amide bonds. The lowest BCUT2D eigenvalue weighted by molar-refractivity contribution is 0.584. The van der Waals surface area contributed by atoms with Crippen molar-refractivity contribution in [2.45, 2.75) is 0 Å². The number of rotatable bonds is 10. The second kappa shape index (κ2) is 15.2. The highest BCUT2D eigenvalue weighted by molar-refractivity contribution is 5.89. The Morgan fingerprint density at radius 1 is 0.273 bits per heavy atom. The third-order valence-electron chi connectivity index (χ3n) is 9.66. The molecule has 1 heterocycles. The zero-order valence-corrected chi connectivity index (χ0v) is 30.0. The maximum atomic E-state index is 6.26. The molecule has 0 fully saturated rings. The van der Waals surface area contributed by atoms with Crippen LogP contribution in [0.5, 0.6) is 0 Å². The lowest BCUT2D eigenvalue weighted by atomic mass is 10.0. The van der Waals surface area contributed by atoms with Crippen LogP contribution < -0.4 is 9.80 Å².